The topological polar surface area (TPSA) is 42.0 Å². The number of hydrogen-bond donors (Lipinski definition) is 0. The number of hydrogen-bond acceptors (Lipinski definition) is 6. The zero-order valence-electron chi connectivity index (χ0n) is 15.0. The van der Waals surface area contributed by atoms with Crippen LogP contribution in [0.2, 0.25) is 0 Å². The molecule has 1 rings (SSSR count). The molecule has 0 aromatic rings. The van der Waals surface area contributed by atoms with Crippen molar-refractivity contribution in [3.8, 4) is 0 Å². The lowest BCUT2D eigenvalue weighted by Crippen LogP contribution is -2.45. The maximum Gasteiger partial charge on any atom is 0.389 e. The molecule has 7 heteroatoms. The summed E-state index contributed by atoms with van der Waals surface area (Å²) in [4.78, 5) is 4.75. The summed E-state index contributed by atoms with van der Waals surface area (Å²) in [5.74, 6) is 1.12. The summed E-state index contributed by atoms with van der Waals surface area (Å²) in [7, 11) is 2.15. The fourth-order valence-corrected chi connectivity index (χ4v) is 6.06. The minimum Gasteiger partial charge on any atom is -0.304 e. The highest BCUT2D eigenvalue weighted by molar-refractivity contribution is 8.55. The monoisotopic (exact) mass is 352 g/mol. The zero-order chi connectivity index (χ0) is 16.8. The first-order valence-corrected chi connectivity index (χ1v) is 11.2. The lowest BCUT2D eigenvalue weighted by atomic mass is 10.2. The molecule has 1 unspecified atom stereocenters. The summed E-state index contributed by atoms with van der Waals surface area (Å²) in [6, 6.07) is 0. The predicted octanol–water partition coefficient (Wildman–Crippen LogP) is 3.56. The van der Waals surface area contributed by atoms with E-state index in [2.05, 4.69) is 30.7 Å². The van der Waals surface area contributed by atoms with Gasteiger partial charge in [0.05, 0.1) is 12.2 Å². The fraction of sp³-hybridized carbons (Fsp3) is 1.00. The molecule has 0 aromatic heterocycles. The Labute approximate surface area is 140 Å². The van der Waals surface area contributed by atoms with Crippen LogP contribution in [0.4, 0.5) is 0 Å². The number of nitrogens with zero attached hydrogens (tertiary/aromatic N) is 2. The normalized spacial score (nSPS) is 21.2. The van der Waals surface area contributed by atoms with Crippen molar-refractivity contribution in [3.63, 3.8) is 0 Å². The molecule has 132 valence electrons. The van der Waals surface area contributed by atoms with Crippen molar-refractivity contribution in [3.05, 3.63) is 0 Å². The third-order valence-electron chi connectivity index (χ3n) is 3.20. The van der Waals surface area contributed by atoms with Gasteiger partial charge < -0.3 is 9.42 Å². The molecule has 0 radical (unpaired) electrons. The standard InChI is InChI=1S/C15H33N2O3PS/c1-14(2)13-19-21(18,20-15(3,4)5)22-12-11-17-9-7-16(6)8-10-17/h14H,7-13H2,1-6H3. The molecule has 0 aliphatic carbocycles. The maximum absolute atomic E-state index is 12.9. The first-order chi connectivity index (χ1) is 10.1. The van der Waals surface area contributed by atoms with Crippen molar-refractivity contribution in [1.29, 1.82) is 0 Å². The molecule has 0 bridgehead atoms. The Morgan fingerprint density at radius 1 is 1.18 bits per heavy atom. The third kappa shape index (κ3) is 8.90. The predicted molar refractivity (Wildman–Crippen MR) is 95.6 cm³/mol. The molecule has 22 heavy (non-hydrogen) atoms. The van der Waals surface area contributed by atoms with Gasteiger partial charge in [-0.25, -0.2) is 4.57 Å². The van der Waals surface area contributed by atoms with Crippen LogP contribution in [0.1, 0.15) is 34.6 Å². The first-order valence-electron chi connectivity index (χ1n) is 8.10. The zero-order valence-corrected chi connectivity index (χ0v) is 16.7. The Bertz CT molecular complexity index is 366. The Balaban J connectivity index is 2.44. The van der Waals surface area contributed by atoms with Gasteiger partial charge in [-0.2, -0.15) is 0 Å². The average molecular weight is 352 g/mol. The number of piperazine rings is 1. The first kappa shape index (κ1) is 20.5. The molecule has 0 spiro atoms. The molecule has 0 aromatic carbocycles. The second-order valence-electron chi connectivity index (χ2n) is 7.32. The Hall–Kier alpha value is 0.420. The Morgan fingerprint density at radius 2 is 1.77 bits per heavy atom. The maximum atomic E-state index is 12.9. The highest BCUT2D eigenvalue weighted by Crippen LogP contribution is 2.62. The van der Waals surface area contributed by atoms with Crippen LogP contribution in [0.3, 0.4) is 0 Å². The van der Waals surface area contributed by atoms with Gasteiger partial charge in [-0.3, -0.25) is 9.42 Å². The summed E-state index contributed by atoms with van der Waals surface area (Å²) in [6.07, 6.45) is 0. The second-order valence-corrected chi connectivity index (χ2v) is 11.4. The van der Waals surface area contributed by atoms with E-state index >= 15 is 0 Å². The van der Waals surface area contributed by atoms with Crippen LogP contribution in [0.5, 0.6) is 0 Å². The van der Waals surface area contributed by atoms with Crippen LogP contribution in [-0.4, -0.2) is 67.5 Å². The van der Waals surface area contributed by atoms with E-state index in [1.165, 1.54) is 11.4 Å². The van der Waals surface area contributed by atoms with E-state index in [-0.39, 0.29) is 0 Å². The third-order valence-corrected chi connectivity index (χ3v) is 7.16. The minimum absolute atomic E-state index is 0.343. The Morgan fingerprint density at radius 3 is 2.27 bits per heavy atom. The summed E-state index contributed by atoms with van der Waals surface area (Å²) in [5, 5.41) is 0. The SMILES string of the molecule is CC(C)COP(=O)(OC(C)(C)C)SCCN1CCN(C)CC1. The van der Waals surface area contributed by atoms with Gasteiger partial charge >= 0.3 is 6.80 Å². The van der Waals surface area contributed by atoms with Gasteiger partial charge in [0.15, 0.2) is 0 Å². The van der Waals surface area contributed by atoms with Crippen molar-refractivity contribution in [2.24, 2.45) is 5.92 Å². The number of likely N-dealkylation sites (N-methyl/N-ethyl adjacent to an activating group) is 1. The van der Waals surface area contributed by atoms with Crippen LogP contribution < -0.4 is 0 Å². The molecular formula is C15H33N2O3PS. The van der Waals surface area contributed by atoms with Gasteiger partial charge in [-0.05, 0) is 45.1 Å². The molecule has 1 heterocycles. The minimum atomic E-state index is -3.09. The highest BCUT2D eigenvalue weighted by atomic mass is 32.7. The van der Waals surface area contributed by atoms with Crippen LogP contribution in [-0.2, 0) is 13.6 Å². The summed E-state index contributed by atoms with van der Waals surface area (Å²) >= 11 is 1.34. The van der Waals surface area contributed by atoms with E-state index in [1.54, 1.807) is 0 Å². The van der Waals surface area contributed by atoms with E-state index in [0.29, 0.717) is 12.5 Å². The van der Waals surface area contributed by atoms with E-state index in [9.17, 15) is 4.57 Å². The van der Waals surface area contributed by atoms with Gasteiger partial charge in [0.1, 0.15) is 0 Å². The Kier molecular flexibility index (Phi) is 8.42. The molecule has 5 nitrogen and oxygen atoms in total. The quantitative estimate of drug-likeness (QED) is 0.622. The lowest BCUT2D eigenvalue weighted by Gasteiger charge is -2.32. The smallest absolute Gasteiger partial charge is 0.304 e. The average Bonchev–Trinajstić information content (AvgIpc) is 2.37. The van der Waals surface area contributed by atoms with E-state index in [0.717, 1.165) is 38.5 Å². The van der Waals surface area contributed by atoms with Crippen molar-refractivity contribution in [2.75, 3.05) is 52.1 Å². The lowest BCUT2D eigenvalue weighted by molar-refractivity contribution is 0.0996. The molecule has 0 N–H and O–H groups in total. The van der Waals surface area contributed by atoms with Crippen LogP contribution in [0.25, 0.3) is 0 Å². The van der Waals surface area contributed by atoms with Crippen molar-refractivity contribution in [2.45, 2.75) is 40.2 Å². The molecule has 1 aliphatic rings. The van der Waals surface area contributed by atoms with E-state index in [1.807, 2.05) is 20.8 Å². The van der Waals surface area contributed by atoms with Crippen molar-refractivity contribution >= 4 is 18.2 Å². The van der Waals surface area contributed by atoms with E-state index in [4.69, 9.17) is 9.05 Å². The van der Waals surface area contributed by atoms with Gasteiger partial charge in [0.2, 0.25) is 0 Å². The van der Waals surface area contributed by atoms with Crippen LogP contribution in [0.15, 0.2) is 0 Å². The van der Waals surface area contributed by atoms with Gasteiger partial charge in [-0.15, -0.1) is 0 Å². The molecule has 1 fully saturated rings. The highest BCUT2D eigenvalue weighted by Gasteiger charge is 2.32. The molecule has 1 saturated heterocycles. The van der Waals surface area contributed by atoms with Crippen molar-refractivity contribution in [1.82, 2.24) is 9.80 Å². The molecular weight excluding hydrogens is 319 g/mol. The molecule has 0 saturated carbocycles. The van der Waals surface area contributed by atoms with Gasteiger partial charge in [-0.1, -0.05) is 13.8 Å². The van der Waals surface area contributed by atoms with Gasteiger partial charge in [0, 0.05) is 38.5 Å². The van der Waals surface area contributed by atoms with Crippen LogP contribution >= 0.6 is 18.2 Å². The fourth-order valence-electron chi connectivity index (χ4n) is 2.02. The largest absolute Gasteiger partial charge is 0.389 e. The summed E-state index contributed by atoms with van der Waals surface area (Å²) in [5.41, 5.74) is -0.465. The molecule has 1 aliphatic heterocycles. The van der Waals surface area contributed by atoms with Crippen LogP contribution in [0, 0.1) is 5.92 Å². The molecule has 0 amide bonds. The summed E-state index contributed by atoms with van der Waals surface area (Å²) < 4.78 is 24.3. The van der Waals surface area contributed by atoms with Crippen molar-refractivity contribution < 1.29 is 13.6 Å². The second kappa shape index (κ2) is 9.05. The summed E-state index contributed by atoms with van der Waals surface area (Å²) in [6.45, 7) is 12.5. The number of rotatable bonds is 8. The molecule has 1 atom stereocenters. The van der Waals surface area contributed by atoms with E-state index < -0.39 is 12.4 Å². The van der Waals surface area contributed by atoms with Gasteiger partial charge in [0.25, 0.3) is 0 Å².